The van der Waals surface area contributed by atoms with Crippen LogP contribution >= 0.6 is 22.6 Å². The van der Waals surface area contributed by atoms with Gasteiger partial charge in [-0.1, -0.05) is 18.2 Å². The Labute approximate surface area is 150 Å². The Kier molecular flexibility index (Phi) is 6.18. The normalized spacial score (nSPS) is 11.5. The topological polar surface area (TPSA) is 53.5 Å². The van der Waals surface area contributed by atoms with Crippen molar-refractivity contribution in [1.82, 2.24) is 5.43 Å². The second-order valence-electron chi connectivity index (χ2n) is 4.78. The summed E-state index contributed by atoms with van der Waals surface area (Å²) in [5.41, 5.74) is 2.56. The number of benzene rings is 2. The van der Waals surface area contributed by atoms with Crippen molar-refractivity contribution < 1.29 is 18.0 Å². The molecular weight excluding hydrogens is 434 g/mol. The van der Waals surface area contributed by atoms with Gasteiger partial charge in [0.05, 0.1) is 18.3 Å². The van der Waals surface area contributed by atoms with Crippen LogP contribution in [0.25, 0.3) is 0 Å². The van der Waals surface area contributed by atoms with E-state index in [4.69, 9.17) is 0 Å². The number of rotatable bonds is 5. The van der Waals surface area contributed by atoms with Crippen molar-refractivity contribution in [2.24, 2.45) is 5.10 Å². The molecule has 0 saturated heterocycles. The minimum absolute atomic E-state index is 0.189. The van der Waals surface area contributed by atoms with Crippen LogP contribution in [0.1, 0.15) is 11.1 Å². The summed E-state index contributed by atoms with van der Waals surface area (Å²) in [6.07, 6.45) is -2.93. The van der Waals surface area contributed by atoms with Gasteiger partial charge in [-0.2, -0.15) is 18.3 Å². The predicted octanol–water partition coefficient (Wildman–Crippen LogP) is 3.87. The molecule has 0 saturated carbocycles. The molecule has 0 atom stereocenters. The Bertz CT molecular complexity index is 730. The summed E-state index contributed by atoms with van der Waals surface area (Å²) in [7, 11) is 0. The molecule has 2 aromatic rings. The Morgan fingerprint density at radius 3 is 2.54 bits per heavy atom. The van der Waals surface area contributed by atoms with Crippen LogP contribution in [-0.2, 0) is 11.0 Å². The number of anilines is 1. The molecule has 0 aliphatic rings. The Hall–Kier alpha value is -2.10. The predicted molar refractivity (Wildman–Crippen MR) is 94.8 cm³/mol. The highest BCUT2D eigenvalue weighted by atomic mass is 127. The quantitative estimate of drug-likeness (QED) is 0.416. The van der Waals surface area contributed by atoms with Gasteiger partial charge in [0, 0.05) is 9.26 Å². The van der Waals surface area contributed by atoms with E-state index < -0.39 is 17.6 Å². The van der Waals surface area contributed by atoms with E-state index in [1.54, 1.807) is 0 Å². The van der Waals surface area contributed by atoms with Crippen molar-refractivity contribution in [3.63, 3.8) is 0 Å². The Morgan fingerprint density at radius 2 is 1.88 bits per heavy atom. The van der Waals surface area contributed by atoms with E-state index >= 15 is 0 Å². The fourth-order valence-electron chi connectivity index (χ4n) is 1.76. The number of carbonyl (C=O) groups excluding carboxylic acids is 1. The third kappa shape index (κ3) is 5.84. The molecular formula is C16H13F3IN3O. The van der Waals surface area contributed by atoms with Crippen LogP contribution in [0.5, 0.6) is 0 Å². The molecule has 0 aromatic heterocycles. The molecule has 0 unspecified atom stereocenters. The van der Waals surface area contributed by atoms with Crippen LogP contribution in [0.4, 0.5) is 18.9 Å². The average molecular weight is 447 g/mol. The molecule has 2 aromatic carbocycles. The van der Waals surface area contributed by atoms with Crippen molar-refractivity contribution in [2.75, 3.05) is 11.9 Å². The minimum atomic E-state index is -4.42. The number of amides is 1. The SMILES string of the molecule is O=C(CNc1cccc(C(F)(F)F)c1)N/N=C\c1ccc(I)cc1. The van der Waals surface area contributed by atoms with E-state index in [1.807, 2.05) is 24.3 Å². The minimum Gasteiger partial charge on any atom is -0.376 e. The molecule has 24 heavy (non-hydrogen) atoms. The molecule has 0 radical (unpaired) electrons. The molecule has 8 heteroatoms. The van der Waals surface area contributed by atoms with Crippen LogP contribution in [-0.4, -0.2) is 18.7 Å². The first kappa shape index (κ1) is 18.2. The van der Waals surface area contributed by atoms with Crippen LogP contribution in [0, 0.1) is 3.57 Å². The molecule has 0 heterocycles. The molecule has 2 N–H and O–H groups in total. The second-order valence-corrected chi connectivity index (χ2v) is 6.02. The number of nitrogens with zero attached hydrogens (tertiary/aromatic N) is 1. The van der Waals surface area contributed by atoms with Crippen LogP contribution in [0.15, 0.2) is 53.6 Å². The van der Waals surface area contributed by atoms with E-state index in [1.165, 1.54) is 18.3 Å². The lowest BCUT2D eigenvalue weighted by molar-refractivity contribution is -0.137. The van der Waals surface area contributed by atoms with Gasteiger partial charge in [-0.05, 0) is 58.5 Å². The number of hydrazone groups is 1. The van der Waals surface area contributed by atoms with E-state index in [9.17, 15) is 18.0 Å². The molecule has 2 rings (SSSR count). The summed E-state index contributed by atoms with van der Waals surface area (Å²) in [5.74, 6) is -0.464. The van der Waals surface area contributed by atoms with E-state index in [0.29, 0.717) is 0 Å². The number of hydrogen-bond acceptors (Lipinski definition) is 3. The van der Waals surface area contributed by atoms with Gasteiger partial charge in [-0.3, -0.25) is 4.79 Å². The van der Waals surface area contributed by atoms with Gasteiger partial charge < -0.3 is 5.32 Å². The standard InChI is InChI=1S/C16H13F3IN3O/c17-16(18,19)12-2-1-3-14(8-12)21-10-15(24)23-22-9-11-4-6-13(20)7-5-11/h1-9,21H,10H2,(H,23,24)/b22-9-. The maximum Gasteiger partial charge on any atom is 0.416 e. The van der Waals surface area contributed by atoms with Crippen LogP contribution in [0.2, 0.25) is 0 Å². The van der Waals surface area contributed by atoms with E-state index in [-0.39, 0.29) is 12.2 Å². The summed E-state index contributed by atoms with van der Waals surface area (Å²) in [5, 5.41) is 6.42. The van der Waals surface area contributed by atoms with Gasteiger partial charge in [0.15, 0.2) is 0 Å². The monoisotopic (exact) mass is 447 g/mol. The second kappa shape index (κ2) is 8.13. The smallest absolute Gasteiger partial charge is 0.376 e. The molecule has 0 spiro atoms. The van der Waals surface area contributed by atoms with Gasteiger partial charge in [-0.25, -0.2) is 5.43 Å². The fourth-order valence-corrected chi connectivity index (χ4v) is 2.11. The lowest BCUT2D eigenvalue weighted by Gasteiger charge is -2.10. The summed E-state index contributed by atoms with van der Waals surface area (Å²) in [4.78, 5) is 11.6. The lowest BCUT2D eigenvalue weighted by atomic mass is 10.2. The molecule has 1 amide bonds. The lowest BCUT2D eigenvalue weighted by Crippen LogP contribution is -2.26. The third-order valence-electron chi connectivity index (χ3n) is 2.92. The number of hydrogen-bond donors (Lipinski definition) is 2. The Balaban J connectivity index is 1.84. The van der Waals surface area contributed by atoms with Crippen molar-refractivity contribution >= 4 is 40.4 Å². The summed E-state index contributed by atoms with van der Waals surface area (Å²) in [6, 6.07) is 12.1. The summed E-state index contributed by atoms with van der Waals surface area (Å²) in [6.45, 7) is -0.189. The Morgan fingerprint density at radius 1 is 1.17 bits per heavy atom. The fraction of sp³-hybridized carbons (Fsp3) is 0.125. The number of nitrogens with one attached hydrogen (secondary N) is 2. The van der Waals surface area contributed by atoms with Gasteiger partial charge in [0.1, 0.15) is 0 Å². The maximum absolute atomic E-state index is 12.6. The molecule has 0 fully saturated rings. The highest BCUT2D eigenvalue weighted by Gasteiger charge is 2.30. The van der Waals surface area contributed by atoms with Gasteiger partial charge in [0.2, 0.25) is 0 Å². The zero-order valence-electron chi connectivity index (χ0n) is 12.3. The highest BCUT2D eigenvalue weighted by molar-refractivity contribution is 14.1. The summed E-state index contributed by atoms with van der Waals surface area (Å²) < 4.78 is 38.9. The summed E-state index contributed by atoms with van der Waals surface area (Å²) >= 11 is 2.18. The number of carbonyl (C=O) groups is 1. The molecule has 0 aliphatic carbocycles. The van der Waals surface area contributed by atoms with E-state index in [0.717, 1.165) is 21.3 Å². The number of halogens is 4. The number of alkyl halides is 3. The van der Waals surface area contributed by atoms with Crippen LogP contribution < -0.4 is 10.7 Å². The van der Waals surface area contributed by atoms with Gasteiger partial charge in [0.25, 0.3) is 5.91 Å². The van der Waals surface area contributed by atoms with Crippen LogP contribution in [0.3, 0.4) is 0 Å². The largest absolute Gasteiger partial charge is 0.416 e. The molecule has 0 aliphatic heterocycles. The van der Waals surface area contributed by atoms with E-state index in [2.05, 4.69) is 38.4 Å². The first-order valence-corrected chi connectivity index (χ1v) is 7.91. The maximum atomic E-state index is 12.6. The molecule has 0 bridgehead atoms. The van der Waals surface area contributed by atoms with Crippen molar-refractivity contribution in [1.29, 1.82) is 0 Å². The molecule has 126 valence electrons. The van der Waals surface area contributed by atoms with Gasteiger partial charge >= 0.3 is 6.18 Å². The highest BCUT2D eigenvalue weighted by Crippen LogP contribution is 2.30. The average Bonchev–Trinajstić information content (AvgIpc) is 2.54. The first-order valence-electron chi connectivity index (χ1n) is 6.83. The third-order valence-corrected chi connectivity index (χ3v) is 3.64. The van der Waals surface area contributed by atoms with Gasteiger partial charge in [-0.15, -0.1) is 0 Å². The van der Waals surface area contributed by atoms with Crippen molar-refractivity contribution in [3.05, 3.63) is 63.2 Å². The zero-order valence-corrected chi connectivity index (χ0v) is 14.4. The zero-order chi connectivity index (χ0) is 17.6. The molecule has 4 nitrogen and oxygen atoms in total. The first-order chi connectivity index (χ1) is 11.3. The van der Waals surface area contributed by atoms with Crippen molar-refractivity contribution in [3.8, 4) is 0 Å². The van der Waals surface area contributed by atoms with Crippen molar-refractivity contribution in [2.45, 2.75) is 6.18 Å².